The third-order valence-electron chi connectivity index (χ3n) is 3.96. The molecule has 0 saturated carbocycles. The Kier molecular flexibility index (Phi) is 3.54. The number of fused-ring (bicyclic) bond motifs is 2. The van der Waals surface area contributed by atoms with Gasteiger partial charge in [0.05, 0.1) is 15.9 Å². The van der Waals surface area contributed by atoms with Crippen molar-refractivity contribution < 1.29 is 8.42 Å². The number of hydrogen-bond acceptors (Lipinski definition) is 4. The third kappa shape index (κ3) is 2.99. The van der Waals surface area contributed by atoms with Gasteiger partial charge < -0.3 is 5.73 Å². The van der Waals surface area contributed by atoms with E-state index in [2.05, 4.69) is 9.71 Å². The molecule has 5 nitrogen and oxygen atoms in total. The topological polar surface area (TPSA) is 85.1 Å². The fourth-order valence-corrected chi connectivity index (χ4v) is 3.75. The van der Waals surface area contributed by atoms with Crippen LogP contribution in [0.25, 0.3) is 21.8 Å². The average molecular weight is 349 g/mol. The number of hydrogen-bond donors (Lipinski definition) is 2. The van der Waals surface area contributed by atoms with Crippen LogP contribution in [0, 0.1) is 0 Å². The van der Waals surface area contributed by atoms with Crippen LogP contribution in [0.5, 0.6) is 0 Å². The highest BCUT2D eigenvalue weighted by atomic mass is 32.2. The molecule has 0 saturated heterocycles. The van der Waals surface area contributed by atoms with Crippen molar-refractivity contribution in [3.05, 3.63) is 72.8 Å². The summed E-state index contributed by atoms with van der Waals surface area (Å²) in [6, 6.07) is 21.2. The molecule has 0 radical (unpaired) electrons. The molecule has 0 amide bonds. The fraction of sp³-hybridized carbons (Fsp3) is 0. The van der Waals surface area contributed by atoms with Gasteiger partial charge >= 0.3 is 0 Å². The lowest BCUT2D eigenvalue weighted by Gasteiger charge is -2.09. The van der Waals surface area contributed by atoms with E-state index in [0.717, 1.165) is 21.8 Å². The van der Waals surface area contributed by atoms with Gasteiger partial charge in [-0.15, -0.1) is 0 Å². The Morgan fingerprint density at radius 2 is 1.52 bits per heavy atom. The number of nitrogens with one attached hydrogen (secondary N) is 1. The second kappa shape index (κ2) is 5.75. The molecule has 0 aliphatic rings. The van der Waals surface area contributed by atoms with Crippen LogP contribution in [-0.4, -0.2) is 13.4 Å². The van der Waals surface area contributed by atoms with Gasteiger partial charge in [0.25, 0.3) is 10.0 Å². The Morgan fingerprint density at radius 1 is 0.800 bits per heavy atom. The molecule has 0 bridgehead atoms. The first-order chi connectivity index (χ1) is 12.0. The van der Waals surface area contributed by atoms with Crippen LogP contribution in [0.3, 0.4) is 0 Å². The van der Waals surface area contributed by atoms with Crippen molar-refractivity contribution in [1.82, 2.24) is 4.98 Å². The number of pyridine rings is 1. The molecule has 1 heterocycles. The van der Waals surface area contributed by atoms with Crippen molar-refractivity contribution in [3.8, 4) is 0 Å². The van der Waals surface area contributed by atoms with Gasteiger partial charge in [-0.25, -0.2) is 13.4 Å². The first-order valence-electron chi connectivity index (χ1n) is 7.69. The maximum atomic E-state index is 12.5. The van der Waals surface area contributed by atoms with Crippen molar-refractivity contribution in [2.75, 3.05) is 10.5 Å². The highest BCUT2D eigenvalue weighted by Gasteiger charge is 2.14. The minimum absolute atomic E-state index is 0.165. The summed E-state index contributed by atoms with van der Waals surface area (Å²) in [5.74, 6) is 0. The molecule has 3 aromatic carbocycles. The van der Waals surface area contributed by atoms with E-state index in [0.29, 0.717) is 11.4 Å². The van der Waals surface area contributed by atoms with Gasteiger partial charge in [0, 0.05) is 22.1 Å². The lowest BCUT2D eigenvalue weighted by Crippen LogP contribution is -2.12. The summed E-state index contributed by atoms with van der Waals surface area (Å²) in [5, 5.41) is 1.88. The molecule has 4 rings (SSSR count). The zero-order chi connectivity index (χ0) is 17.4. The second-order valence-electron chi connectivity index (χ2n) is 5.76. The van der Waals surface area contributed by atoms with E-state index in [4.69, 9.17) is 5.73 Å². The lowest BCUT2D eigenvalue weighted by atomic mass is 10.1. The highest BCUT2D eigenvalue weighted by Crippen LogP contribution is 2.24. The minimum atomic E-state index is -3.67. The van der Waals surface area contributed by atoms with Crippen molar-refractivity contribution in [3.63, 3.8) is 0 Å². The number of rotatable bonds is 3. The van der Waals surface area contributed by atoms with E-state index in [1.165, 1.54) is 12.1 Å². The maximum absolute atomic E-state index is 12.5. The van der Waals surface area contributed by atoms with Crippen LogP contribution in [0.15, 0.2) is 77.7 Å². The molecule has 124 valence electrons. The molecular formula is C19H15N3O2S. The molecule has 1 aromatic heterocycles. The van der Waals surface area contributed by atoms with Crippen LogP contribution in [0.4, 0.5) is 11.4 Å². The van der Waals surface area contributed by atoms with Crippen LogP contribution < -0.4 is 10.5 Å². The number of nitrogen functional groups attached to an aromatic ring is 1. The van der Waals surface area contributed by atoms with E-state index in [9.17, 15) is 8.42 Å². The number of aromatic nitrogens is 1. The summed E-state index contributed by atoms with van der Waals surface area (Å²) < 4.78 is 27.6. The normalized spacial score (nSPS) is 11.7. The van der Waals surface area contributed by atoms with Crippen molar-refractivity contribution in [2.24, 2.45) is 0 Å². The zero-order valence-electron chi connectivity index (χ0n) is 13.2. The van der Waals surface area contributed by atoms with E-state index >= 15 is 0 Å². The number of benzene rings is 3. The number of nitrogens with zero attached hydrogens (tertiary/aromatic N) is 1. The zero-order valence-corrected chi connectivity index (χ0v) is 14.0. The Morgan fingerprint density at radius 3 is 2.32 bits per heavy atom. The smallest absolute Gasteiger partial charge is 0.261 e. The van der Waals surface area contributed by atoms with Gasteiger partial charge in [-0.2, -0.15) is 0 Å². The summed E-state index contributed by atoms with van der Waals surface area (Å²) in [6.07, 6.45) is 0. The number of para-hydroxylation sites is 1. The Hall–Kier alpha value is -3.12. The fourth-order valence-electron chi connectivity index (χ4n) is 2.71. The molecule has 0 spiro atoms. The summed E-state index contributed by atoms with van der Waals surface area (Å²) in [6.45, 7) is 0. The monoisotopic (exact) mass is 349 g/mol. The SMILES string of the molecule is Nc1ccc(S(=O)(=O)Nc2ccc3nc4ccccc4cc3c2)cc1. The summed E-state index contributed by atoms with van der Waals surface area (Å²) >= 11 is 0. The predicted molar refractivity (Wildman–Crippen MR) is 101 cm³/mol. The number of nitrogens with two attached hydrogens (primary N) is 1. The maximum Gasteiger partial charge on any atom is 0.261 e. The molecule has 4 aromatic rings. The Balaban J connectivity index is 1.74. The van der Waals surface area contributed by atoms with Crippen molar-refractivity contribution in [2.45, 2.75) is 4.90 Å². The first-order valence-corrected chi connectivity index (χ1v) is 9.17. The first kappa shape index (κ1) is 15.4. The molecule has 25 heavy (non-hydrogen) atoms. The van der Waals surface area contributed by atoms with Crippen LogP contribution >= 0.6 is 0 Å². The number of sulfonamides is 1. The van der Waals surface area contributed by atoms with Gasteiger partial charge in [-0.1, -0.05) is 18.2 Å². The third-order valence-corrected chi connectivity index (χ3v) is 5.36. The van der Waals surface area contributed by atoms with E-state index in [-0.39, 0.29) is 4.90 Å². The highest BCUT2D eigenvalue weighted by molar-refractivity contribution is 7.92. The van der Waals surface area contributed by atoms with Crippen molar-refractivity contribution >= 4 is 43.2 Å². The molecule has 6 heteroatoms. The van der Waals surface area contributed by atoms with Crippen LogP contribution in [-0.2, 0) is 10.0 Å². The molecule has 0 unspecified atom stereocenters. The molecule has 0 fully saturated rings. The summed E-state index contributed by atoms with van der Waals surface area (Å²) in [7, 11) is -3.67. The lowest BCUT2D eigenvalue weighted by molar-refractivity contribution is 0.601. The van der Waals surface area contributed by atoms with Crippen LogP contribution in [0.2, 0.25) is 0 Å². The molecule has 0 aliphatic carbocycles. The largest absolute Gasteiger partial charge is 0.399 e. The van der Waals surface area contributed by atoms with Gasteiger partial charge in [0.15, 0.2) is 0 Å². The Labute approximate surface area is 145 Å². The molecule has 0 atom stereocenters. The minimum Gasteiger partial charge on any atom is -0.399 e. The molecule has 0 aliphatic heterocycles. The summed E-state index contributed by atoms with van der Waals surface area (Å²) in [4.78, 5) is 4.76. The molecular weight excluding hydrogens is 334 g/mol. The van der Waals surface area contributed by atoms with Crippen molar-refractivity contribution in [1.29, 1.82) is 0 Å². The van der Waals surface area contributed by atoms with Gasteiger partial charge in [-0.05, 0) is 54.6 Å². The number of anilines is 2. The van der Waals surface area contributed by atoms with E-state index < -0.39 is 10.0 Å². The van der Waals surface area contributed by atoms with Gasteiger partial charge in [0.2, 0.25) is 0 Å². The molecule has 3 N–H and O–H groups in total. The van der Waals surface area contributed by atoms with E-state index in [1.807, 2.05) is 36.4 Å². The van der Waals surface area contributed by atoms with Crippen LogP contribution in [0.1, 0.15) is 0 Å². The van der Waals surface area contributed by atoms with Gasteiger partial charge in [0.1, 0.15) is 0 Å². The van der Waals surface area contributed by atoms with Gasteiger partial charge in [-0.3, -0.25) is 4.72 Å². The second-order valence-corrected chi connectivity index (χ2v) is 7.45. The average Bonchev–Trinajstić information content (AvgIpc) is 2.60. The quantitative estimate of drug-likeness (QED) is 0.435. The standard InChI is InChI=1S/C19H15N3O2S/c20-15-5-8-17(9-6-15)25(23,24)22-16-7-10-19-14(12-16)11-13-3-1-2-4-18(13)21-19/h1-12,22H,20H2. The van der Waals surface area contributed by atoms with E-state index in [1.54, 1.807) is 24.3 Å². The summed E-state index contributed by atoms with van der Waals surface area (Å²) in [5.41, 5.74) is 8.33. The Bertz CT molecular complexity index is 1190. The predicted octanol–water partition coefficient (Wildman–Crippen LogP) is 3.77.